The molecule has 0 aliphatic carbocycles. The Kier molecular flexibility index (Phi) is 7.14. The highest BCUT2D eigenvalue weighted by Gasteiger charge is 2.39. The number of hydrogen-bond acceptors (Lipinski definition) is 7. The summed E-state index contributed by atoms with van der Waals surface area (Å²) in [6.07, 6.45) is -1.64. The second-order valence-electron chi connectivity index (χ2n) is 9.93. The Bertz CT molecular complexity index is 1730. The highest BCUT2D eigenvalue weighted by Crippen LogP contribution is 2.42. The first-order valence-corrected chi connectivity index (χ1v) is 14.3. The molecule has 5 rings (SSSR count). The number of halogens is 5. The lowest BCUT2D eigenvalue weighted by atomic mass is 9.94. The number of hydrogen-bond donors (Lipinski definition) is 1. The van der Waals surface area contributed by atoms with E-state index >= 15 is 0 Å². The van der Waals surface area contributed by atoms with Gasteiger partial charge >= 0.3 is 6.18 Å². The van der Waals surface area contributed by atoms with E-state index in [0.717, 1.165) is 11.8 Å². The lowest BCUT2D eigenvalue weighted by Crippen LogP contribution is -2.50. The van der Waals surface area contributed by atoms with Crippen molar-refractivity contribution in [3.63, 3.8) is 0 Å². The van der Waals surface area contributed by atoms with Crippen LogP contribution in [0.5, 0.6) is 5.75 Å². The standard InChI is InChI=1S/C26H25F5N6O3S/c1-35(15-9-10-19(14-7-5-4-6-8-14)37(13-15)41(3,39)40)25-32-12-17-22(34-36(2)24(17)33-25)16-11-18(26(29,30)31)21(28)23(38)20(16)27/h4-8,11-12,15,19,38H,9-10,13H2,1-3H3/t15-,19-/m0/s1. The Labute approximate surface area is 231 Å². The summed E-state index contributed by atoms with van der Waals surface area (Å²) in [7, 11) is -0.447. The van der Waals surface area contributed by atoms with Gasteiger partial charge < -0.3 is 10.0 Å². The Morgan fingerprint density at radius 2 is 1.78 bits per heavy atom. The summed E-state index contributed by atoms with van der Waals surface area (Å²) >= 11 is 0. The van der Waals surface area contributed by atoms with Crippen molar-refractivity contribution in [1.29, 1.82) is 0 Å². The summed E-state index contributed by atoms with van der Waals surface area (Å²) < 4.78 is 96.9. The quantitative estimate of drug-likeness (QED) is 0.335. The van der Waals surface area contributed by atoms with E-state index in [9.17, 15) is 35.5 Å². The van der Waals surface area contributed by atoms with Crippen LogP contribution < -0.4 is 4.90 Å². The normalized spacial score (nSPS) is 18.6. The molecule has 1 fully saturated rings. The van der Waals surface area contributed by atoms with Crippen molar-refractivity contribution in [3.05, 3.63) is 65.4 Å². The minimum atomic E-state index is -5.19. The fourth-order valence-corrected chi connectivity index (χ4v) is 6.31. The number of alkyl halides is 3. The maximum Gasteiger partial charge on any atom is 0.419 e. The molecular formula is C26H25F5N6O3S. The lowest BCUT2D eigenvalue weighted by molar-refractivity contribution is -0.140. The second-order valence-corrected chi connectivity index (χ2v) is 11.9. The van der Waals surface area contributed by atoms with Gasteiger partial charge in [-0.2, -0.15) is 27.6 Å². The van der Waals surface area contributed by atoms with Gasteiger partial charge in [0.05, 0.1) is 17.2 Å². The van der Waals surface area contributed by atoms with Gasteiger partial charge in [-0.3, -0.25) is 0 Å². The molecule has 218 valence electrons. The fraction of sp³-hybridized carbons (Fsp3) is 0.346. The van der Waals surface area contributed by atoms with E-state index < -0.39 is 44.7 Å². The van der Waals surface area contributed by atoms with Crippen LogP contribution in [0, 0.1) is 11.6 Å². The van der Waals surface area contributed by atoms with Crippen LogP contribution in [0.1, 0.15) is 30.0 Å². The summed E-state index contributed by atoms with van der Waals surface area (Å²) in [6.45, 7) is 0.160. The summed E-state index contributed by atoms with van der Waals surface area (Å²) in [4.78, 5) is 10.5. The first-order chi connectivity index (χ1) is 19.2. The van der Waals surface area contributed by atoms with E-state index in [4.69, 9.17) is 0 Å². The zero-order chi connectivity index (χ0) is 29.9. The third kappa shape index (κ3) is 5.19. The number of aromatic hydroxyl groups is 1. The van der Waals surface area contributed by atoms with Crippen LogP contribution in [0.3, 0.4) is 0 Å². The van der Waals surface area contributed by atoms with Gasteiger partial charge in [0.25, 0.3) is 0 Å². The van der Waals surface area contributed by atoms with Crippen LogP contribution in [0.15, 0.2) is 42.6 Å². The number of aryl methyl sites for hydroxylation is 1. The molecule has 0 unspecified atom stereocenters. The molecule has 4 aromatic rings. The first kappa shape index (κ1) is 28.7. The van der Waals surface area contributed by atoms with Gasteiger partial charge in [0.2, 0.25) is 16.0 Å². The van der Waals surface area contributed by atoms with E-state index in [1.165, 1.54) is 22.2 Å². The average Bonchev–Trinajstić information content (AvgIpc) is 3.25. The van der Waals surface area contributed by atoms with Gasteiger partial charge in [-0.25, -0.2) is 26.9 Å². The Balaban J connectivity index is 1.49. The monoisotopic (exact) mass is 596 g/mol. The highest BCUT2D eigenvalue weighted by atomic mass is 32.2. The lowest BCUT2D eigenvalue weighted by Gasteiger charge is -2.41. The molecule has 15 heteroatoms. The Morgan fingerprint density at radius 1 is 1.10 bits per heavy atom. The predicted molar refractivity (Wildman–Crippen MR) is 140 cm³/mol. The predicted octanol–water partition coefficient (Wildman–Crippen LogP) is 4.63. The third-order valence-corrected chi connectivity index (χ3v) is 8.55. The van der Waals surface area contributed by atoms with Crippen LogP contribution in [0.25, 0.3) is 22.3 Å². The topological polar surface area (TPSA) is 104 Å². The maximum atomic E-state index is 14.8. The Morgan fingerprint density at radius 3 is 2.41 bits per heavy atom. The molecule has 41 heavy (non-hydrogen) atoms. The molecule has 0 radical (unpaired) electrons. The molecule has 0 amide bonds. The van der Waals surface area contributed by atoms with Gasteiger partial charge in [-0.15, -0.1) is 0 Å². The minimum Gasteiger partial charge on any atom is -0.503 e. The number of fused-ring (bicyclic) bond motifs is 1. The van der Waals surface area contributed by atoms with Gasteiger partial charge in [-0.05, 0) is 24.5 Å². The number of nitrogens with zero attached hydrogens (tertiary/aromatic N) is 6. The summed E-state index contributed by atoms with van der Waals surface area (Å²) in [6, 6.07) is 8.92. The largest absolute Gasteiger partial charge is 0.503 e. The first-order valence-electron chi connectivity index (χ1n) is 12.4. The smallest absolute Gasteiger partial charge is 0.419 e. The Hall–Kier alpha value is -3.85. The molecule has 2 aromatic carbocycles. The zero-order valence-electron chi connectivity index (χ0n) is 22.1. The van der Waals surface area contributed by atoms with Crippen molar-refractivity contribution in [2.45, 2.75) is 31.1 Å². The van der Waals surface area contributed by atoms with Gasteiger partial charge in [-0.1, -0.05) is 30.3 Å². The summed E-state index contributed by atoms with van der Waals surface area (Å²) in [5.41, 5.74) is -1.92. The number of sulfonamides is 1. The van der Waals surface area contributed by atoms with Crippen LogP contribution in [-0.4, -0.2) is 63.5 Å². The van der Waals surface area contributed by atoms with E-state index in [-0.39, 0.29) is 47.4 Å². The minimum absolute atomic E-state index is 0.0632. The number of aromatic nitrogens is 4. The van der Waals surface area contributed by atoms with Gasteiger partial charge in [0.1, 0.15) is 5.69 Å². The molecule has 9 nitrogen and oxygen atoms in total. The van der Waals surface area contributed by atoms with Crippen molar-refractivity contribution >= 4 is 27.0 Å². The van der Waals surface area contributed by atoms with E-state index in [1.807, 2.05) is 30.3 Å². The summed E-state index contributed by atoms with van der Waals surface area (Å²) in [5.74, 6) is -5.31. The second kappa shape index (κ2) is 10.2. The molecule has 1 aliphatic rings. The van der Waals surface area contributed by atoms with Crippen LogP contribution in [0.4, 0.5) is 27.9 Å². The van der Waals surface area contributed by atoms with E-state index in [0.29, 0.717) is 12.8 Å². The average molecular weight is 597 g/mol. The number of benzene rings is 2. The van der Waals surface area contributed by atoms with Crippen molar-refractivity contribution in [3.8, 4) is 17.0 Å². The molecule has 2 atom stereocenters. The van der Waals surface area contributed by atoms with E-state index in [1.54, 1.807) is 11.9 Å². The van der Waals surface area contributed by atoms with Crippen LogP contribution in [-0.2, 0) is 23.2 Å². The van der Waals surface area contributed by atoms with Gasteiger partial charge in [0.15, 0.2) is 23.0 Å². The molecule has 1 aliphatic heterocycles. The van der Waals surface area contributed by atoms with Gasteiger partial charge in [0, 0.05) is 44.5 Å². The number of rotatable bonds is 5. The fourth-order valence-electron chi connectivity index (χ4n) is 5.17. The van der Waals surface area contributed by atoms with Crippen LogP contribution >= 0.6 is 0 Å². The zero-order valence-corrected chi connectivity index (χ0v) is 22.9. The number of anilines is 1. The molecule has 0 bridgehead atoms. The molecule has 3 heterocycles. The third-order valence-electron chi connectivity index (χ3n) is 7.29. The molecule has 2 aromatic heterocycles. The number of phenolic OH excluding ortho intramolecular Hbond substituents is 1. The molecule has 1 N–H and O–H groups in total. The maximum absolute atomic E-state index is 14.8. The van der Waals surface area contributed by atoms with Crippen molar-refractivity contribution < 1.29 is 35.5 Å². The van der Waals surface area contributed by atoms with Crippen molar-refractivity contribution in [2.24, 2.45) is 7.05 Å². The van der Waals surface area contributed by atoms with Crippen molar-refractivity contribution in [2.75, 3.05) is 24.7 Å². The SMILES string of the molecule is CN(c1ncc2c(-c3cc(C(F)(F)F)c(F)c(O)c3F)nn(C)c2n1)[C@H]1CC[C@@H](c2ccccc2)N(S(C)(=O)=O)C1. The van der Waals surface area contributed by atoms with E-state index in [2.05, 4.69) is 15.1 Å². The molecule has 0 spiro atoms. The number of phenols is 1. The summed E-state index contributed by atoms with van der Waals surface area (Å²) in [5, 5.41) is 13.9. The molecule has 0 saturated carbocycles. The number of likely N-dealkylation sites (N-methyl/N-ethyl adjacent to an activating group) is 1. The molecular weight excluding hydrogens is 571 g/mol. The highest BCUT2D eigenvalue weighted by molar-refractivity contribution is 7.88. The number of piperidine rings is 1. The van der Waals surface area contributed by atoms with Crippen molar-refractivity contribution in [1.82, 2.24) is 24.1 Å². The van der Waals surface area contributed by atoms with Crippen LogP contribution in [0.2, 0.25) is 0 Å². The molecule has 1 saturated heterocycles.